The maximum absolute atomic E-state index is 13.0. The number of hydrogen-bond donors (Lipinski definition) is 0. The lowest BCUT2D eigenvalue weighted by Gasteiger charge is -1.99. The van der Waals surface area contributed by atoms with Crippen molar-refractivity contribution in [2.24, 2.45) is 0 Å². The van der Waals surface area contributed by atoms with Crippen LogP contribution in [0.15, 0.2) is 17.8 Å². The van der Waals surface area contributed by atoms with Gasteiger partial charge in [0.25, 0.3) is 0 Å². The van der Waals surface area contributed by atoms with Crippen molar-refractivity contribution in [3.8, 4) is 0 Å². The fraction of sp³-hybridized carbons (Fsp3) is 0.111. The molecule has 0 aliphatic heterocycles. The summed E-state index contributed by atoms with van der Waals surface area (Å²) >= 11 is 0. The summed E-state index contributed by atoms with van der Waals surface area (Å²) in [6, 6.07) is 0.921. The van der Waals surface area contributed by atoms with Gasteiger partial charge in [-0.3, -0.25) is 10.1 Å². The molecule has 0 radical (unpaired) electrons. The molecule has 0 fully saturated rings. The Morgan fingerprint density at radius 1 is 1.33 bits per heavy atom. The van der Waals surface area contributed by atoms with E-state index in [0.29, 0.717) is 18.2 Å². The van der Waals surface area contributed by atoms with Crippen LogP contribution in [0.25, 0.3) is 6.08 Å². The van der Waals surface area contributed by atoms with Crippen molar-refractivity contribution in [3.63, 3.8) is 0 Å². The van der Waals surface area contributed by atoms with Crippen molar-refractivity contribution in [2.75, 3.05) is 0 Å². The van der Waals surface area contributed by atoms with Crippen LogP contribution in [0.4, 0.5) is 13.2 Å². The summed E-state index contributed by atoms with van der Waals surface area (Å²) in [4.78, 5) is 9.42. The van der Waals surface area contributed by atoms with Crippen molar-refractivity contribution in [1.29, 1.82) is 0 Å². The quantitative estimate of drug-likeness (QED) is 0.564. The van der Waals surface area contributed by atoms with Gasteiger partial charge in [-0.05, 0) is 0 Å². The minimum atomic E-state index is -1.17. The van der Waals surface area contributed by atoms with Gasteiger partial charge in [-0.15, -0.1) is 0 Å². The van der Waals surface area contributed by atoms with Crippen LogP contribution in [-0.4, -0.2) is 4.92 Å². The van der Waals surface area contributed by atoms with Crippen LogP contribution in [0.1, 0.15) is 12.5 Å². The molecule has 0 saturated carbocycles. The van der Waals surface area contributed by atoms with E-state index in [1.54, 1.807) is 0 Å². The fourth-order valence-electron chi connectivity index (χ4n) is 0.953. The molecule has 0 spiro atoms. The average Bonchev–Trinajstić information content (AvgIpc) is 2.10. The van der Waals surface area contributed by atoms with Crippen LogP contribution >= 0.6 is 0 Å². The summed E-state index contributed by atoms with van der Waals surface area (Å²) in [6.45, 7) is 1.09. The molecule has 0 unspecified atom stereocenters. The number of nitro groups is 1. The highest BCUT2D eigenvalue weighted by Gasteiger charge is 2.12. The minimum absolute atomic E-state index is 0.431. The van der Waals surface area contributed by atoms with E-state index in [9.17, 15) is 23.3 Å². The first-order chi connectivity index (χ1) is 6.91. The number of hydrogen-bond acceptors (Lipinski definition) is 2. The Bertz CT molecular complexity index is 420. The second-order valence-electron chi connectivity index (χ2n) is 2.83. The van der Waals surface area contributed by atoms with E-state index >= 15 is 0 Å². The first-order valence-electron chi connectivity index (χ1n) is 3.89. The van der Waals surface area contributed by atoms with Crippen LogP contribution in [0.3, 0.4) is 0 Å². The normalized spacial score (nSPS) is 11.6. The Morgan fingerprint density at radius 3 is 2.20 bits per heavy atom. The Kier molecular flexibility index (Phi) is 3.08. The van der Waals surface area contributed by atoms with Crippen molar-refractivity contribution in [3.05, 3.63) is 51.0 Å². The highest BCUT2D eigenvalue weighted by Crippen LogP contribution is 2.17. The van der Waals surface area contributed by atoms with Gasteiger partial charge >= 0.3 is 0 Å². The van der Waals surface area contributed by atoms with E-state index < -0.39 is 33.6 Å². The number of nitrogens with zero attached hydrogens (tertiary/aromatic N) is 1. The molecule has 0 bridgehead atoms. The van der Waals surface area contributed by atoms with Crippen molar-refractivity contribution in [2.45, 2.75) is 6.92 Å². The molecule has 0 aliphatic carbocycles. The van der Waals surface area contributed by atoms with E-state index in [2.05, 4.69) is 0 Å². The second kappa shape index (κ2) is 4.12. The molecule has 1 aromatic rings. The number of benzene rings is 1. The maximum Gasteiger partial charge on any atom is 0.244 e. The Morgan fingerprint density at radius 2 is 1.80 bits per heavy atom. The lowest BCUT2D eigenvalue weighted by Crippen LogP contribution is -1.97. The molecule has 0 atom stereocenters. The van der Waals surface area contributed by atoms with E-state index in [-0.39, 0.29) is 0 Å². The van der Waals surface area contributed by atoms with E-state index in [4.69, 9.17) is 0 Å². The van der Waals surface area contributed by atoms with Crippen molar-refractivity contribution >= 4 is 6.08 Å². The molecule has 0 heterocycles. The number of allylic oxidation sites excluding steroid dienone is 1. The average molecular weight is 217 g/mol. The van der Waals surface area contributed by atoms with E-state index in [1.165, 1.54) is 0 Å². The summed E-state index contributed by atoms with van der Waals surface area (Å²) in [5.41, 5.74) is -1.05. The van der Waals surface area contributed by atoms with Crippen LogP contribution in [0.2, 0.25) is 0 Å². The first-order valence-corrected chi connectivity index (χ1v) is 3.89. The fourth-order valence-corrected chi connectivity index (χ4v) is 0.953. The van der Waals surface area contributed by atoms with Crippen LogP contribution < -0.4 is 0 Å². The van der Waals surface area contributed by atoms with Gasteiger partial charge in [0.05, 0.1) is 10.5 Å². The first kappa shape index (κ1) is 11.2. The Labute approximate surface area is 83.0 Å². The number of halogens is 3. The Balaban J connectivity index is 3.27. The molecule has 1 rings (SSSR count). The summed E-state index contributed by atoms with van der Waals surface area (Å²) in [7, 11) is 0. The highest BCUT2D eigenvalue weighted by molar-refractivity contribution is 5.52. The summed E-state index contributed by atoms with van der Waals surface area (Å²) < 4.78 is 38.4. The third kappa shape index (κ3) is 2.55. The molecule has 0 aliphatic rings. The summed E-state index contributed by atoms with van der Waals surface area (Å²) in [6.07, 6.45) is 0.712. The standard InChI is InChI=1S/C9H6F3NO2/c1-5(13(14)15)2-7-8(11)3-6(10)4-9(7)12/h2-4H,1H3. The topological polar surface area (TPSA) is 43.1 Å². The summed E-state index contributed by atoms with van der Waals surface area (Å²) in [5.74, 6) is -3.41. The molecular weight excluding hydrogens is 211 g/mol. The molecule has 0 saturated heterocycles. The molecule has 0 amide bonds. The monoisotopic (exact) mass is 217 g/mol. The SMILES string of the molecule is CC(=Cc1c(F)cc(F)cc1F)[N+](=O)[O-]. The Hall–Kier alpha value is -1.85. The zero-order chi connectivity index (χ0) is 11.6. The molecule has 6 heteroatoms. The van der Waals surface area contributed by atoms with Gasteiger partial charge in [0.2, 0.25) is 5.70 Å². The van der Waals surface area contributed by atoms with Crippen molar-refractivity contribution < 1.29 is 18.1 Å². The maximum atomic E-state index is 13.0. The minimum Gasteiger partial charge on any atom is -0.259 e. The molecule has 15 heavy (non-hydrogen) atoms. The van der Waals surface area contributed by atoms with Crippen LogP contribution in [0.5, 0.6) is 0 Å². The van der Waals surface area contributed by atoms with Crippen molar-refractivity contribution in [1.82, 2.24) is 0 Å². The molecule has 3 nitrogen and oxygen atoms in total. The zero-order valence-electron chi connectivity index (χ0n) is 7.63. The molecule has 80 valence electrons. The predicted octanol–water partition coefficient (Wildman–Crippen LogP) is 2.74. The molecule has 0 N–H and O–H groups in total. The van der Waals surface area contributed by atoms with Crippen LogP contribution in [0, 0.1) is 27.6 Å². The lowest BCUT2D eigenvalue weighted by molar-refractivity contribution is -0.422. The third-order valence-corrected chi connectivity index (χ3v) is 1.69. The molecule has 0 aromatic heterocycles. The van der Waals surface area contributed by atoms with Gasteiger partial charge in [-0.2, -0.15) is 0 Å². The molecule has 1 aromatic carbocycles. The highest BCUT2D eigenvalue weighted by atomic mass is 19.1. The lowest BCUT2D eigenvalue weighted by atomic mass is 10.1. The van der Waals surface area contributed by atoms with E-state index in [0.717, 1.165) is 6.92 Å². The van der Waals surface area contributed by atoms with Gasteiger partial charge in [0, 0.05) is 25.1 Å². The summed E-state index contributed by atoms with van der Waals surface area (Å²) in [5, 5.41) is 10.2. The smallest absolute Gasteiger partial charge is 0.244 e. The predicted molar refractivity (Wildman–Crippen MR) is 47.0 cm³/mol. The molecular formula is C9H6F3NO2. The number of rotatable bonds is 2. The van der Waals surface area contributed by atoms with Gasteiger partial charge < -0.3 is 0 Å². The zero-order valence-corrected chi connectivity index (χ0v) is 7.63. The third-order valence-electron chi connectivity index (χ3n) is 1.69. The van der Waals surface area contributed by atoms with Gasteiger partial charge in [0.15, 0.2) is 0 Å². The van der Waals surface area contributed by atoms with Crippen LogP contribution in [-0.2, 0) is 0 Å². The van der Waals surface area contributed by atoms with E-state index in [1.807, 2.05) is 0 Å². The second-order valence-corrected chi connectivity index (χ2v) is 2.83. The largest absolute Gasteiger partial charge is 0.259 e. The van der Waals surface area contributed by atoms with Gasteiger partial charge in [-0.1, -0.05) is 0 Å². The van der Waals surface area contributed by atoms with Gasteiger partial charge in [0.1, 0.15) is 17.5 Å². The van der Waals surface area contributed by atoms with Gasteiger partial charge in [-0.25, -0.2) is 13.2 Å².